The summed E-state index contributed by atoms with van der Waals surface area (Å²) in [4.78, 5) is 29.1. The number of primary sulfonamides is 1. The van der Waals surface area contributed by atoms with Crippen molar-refractivity contribution in [2.45, 2.75) is 31.1 Å². The quantitative estimate of drug-likeness (QED) is 0.218. The van der Waals surface area contributed by atoms with Crippen LogP contribution < -0.4 is 15.2 Å². The third-order valence-electron chi connectivity index (χ3n) is 7.23. The summed E-state index contributed by atoms with van der Waals surface area (Å²) in [5, 5.41) is 13.9. The van der Waals surface area contributed by atoms with E-state index < -0.39 is 21.7 Å². The summed E-state index contributed by atoms with van der Waals surface area (Å²) in [5.41, 5.74) is 1.01. The fourth-order valence-electron chi connectivity index (χ4n) is 4.81. The highest BCUT2D eigenvalue weighted by molar-refractivity contribution is 7.89. The van der Waals surface area contributed by atoms with Gasteiger partial charge >= 0.3 is 0 Å². The van der Waals surface area contributed by atoms with Crippen LogP contribution >= 0.6 is 0 Å². The van der Waals surface area contributed by atoms with E-state index in [1.807, 2.05) is 39.0 Å². The van der Waals surface area contributed by atoms with E-state index in [4.69, 9.17) is 14.6 Å². The van der Waals surface area contributed by atoms with Crippen LogP contribution in [0, 0.1) is 0 Å². The molecule has 1 aliphatic heterocycles. The van der Waals surface area contributed by atoms with Gasteiger partial charge in [-0.25, -0.2) is 18.2 Å². The number of amides is 1. The van der Waals surface area contributed by atoms with Crippen molar-refractivity contribution in [3.8, 4) is 11.4 Å². The number of carbonyl (C=O) groups is 2. The Morgan fingerprint density at radius 1 is 1.00 bits per heavy atom. The second-order valence-electron chi connectivity index (χ2n) is 11.4. The van der Waals surface area contributed by atoms with Gasteiger partial charge in [0.2, 0.25) is 10.0 Å². The third kappa shape index (κ3) is 6.94. The molecule has 0 spiro atoms. The first-order valence-corrected chi connectivity index (χ1v) is 15.5. The van der Waals surface area contributed by atoms with Gasteiger partial charge in [0, 0.05) is 42.1 Å². The second-order valence-corrected chi connectivity index (χ2v) is 12.9. The minimum absolute atomic E-state index is 0.0550. The van der Waals surface area contributed by atoms with E-state index in [0.717, 1.165) is 25.0 Å². The second kappa shape index (κ2) is 12.3. The maximum atomic E-state index is 13.5. The Labute approximate surface area is 250 Å². The van der Waals surface area contributed by atoms with Gasteiger partial charge in [-0.2, -0.15) is 5.10 Å². The largest absolute Gasteiger partial charge is 0.492 e. The molecule has 0 unspecified atom stereocenters. The smallest absolute Gasteiger partial charge is 0.297 e. The molecule has 0 radical (unpaired) electrons. The fraction of sp³-hybridized carbons (Fsp3) is 0.323. The average Bonchev–Trinajstić information content (AvgIpc) is 3.41. The van der Waals surface area contributed by atoms with Crippen LogP contribution in [-0.2, 0) is 25.0 Å². The zero-order valence-electron chi connectivity index (χ0n) is 24.4. The van der Waals surface area contributed by atoms with Gasteiger partial charge in [-0.1, -0.05) is 45.0 Å². The van der Waals surface area contributed by atoms with Crippen molar-refractivity contribution in [3.63, 3.8) is 0 Å². The van der Waals surface area contributed by atoms with E-state index in [9.17, 15) is 18.0 Å². The van der Waals surface area contributed by atoms with Crippen LogP contribution in [0.3, 0.4) is 0 Å². The van der Waals surface area contributed by atoms with Gasteiger partial charge in [-0.3, -0.25) is 14.5 Å². The summed E-state index contributed by atoms with van der Waals surface area (Å²) >= 11 is 0. The monoisotopic (exact) mass is 605 g/mol. The number of fused-ring (bicyclic) bond motifs is 1. The van der Waals surface area contributed by atoms with Crippen LogP contribution in [0.4, 0.5) is 5.82 Å². The number of nitrogens with zero attached hydrogens (tertiary/aromatic N) is 3. The molecule has 11 nitrogen and oxygen atoms in total. The minimum Gasteiger partial charge on any atom is -0.492 e. The fourth-order valence-corrected chi connectivity index (χ4v) is 5.33. The van der Waals surface area contributed by atoms with Crippen molar-refractivity contribution >= 4 is 38.3 Å². The van der Waals surface area contributed by atoms with Crippen molar-refractivity contribution in [2.75, 3.05) is 44.8 Å². The third-order valence-corrected chi connectivity index (χ3v) is 8.16. The molecule has 0 atom stereocenters. The Hall–Kier alpha value is -4.10. The number of rotatable bonds is 9. The number of carbonyl (C=O) groups excluding carboxylic acids is 2. The molecule has 0 aliphatic carbocycles. The Morgan fingerprint density at radius 2 is 1.67 bits per heavy atom. The predicted molar refractivity (Wildman–Crippen MR) is 163 cm³/mol. The number of benzene rings is 3. The van der Waals surface area contributed by atoms with Crippen molar-refractivity contribution < 1.29 is 27.5 Å². The predicted octanol–water partition coefficient (Wildman–Crippen LogP) is 3.50. The van der Waals surface area contributed by atoms with E-state index in [0.29, 0.717) is 42.3 Å². The number of aromatic nitrogens is 2. The van der Waals surface area contributed by atoms with Crippen LogP contribution in [0.1, 0.15) is 36.8 Å². The molecule has 3 aromatic carbocycles. The Morgan fingerprint density at radius 3 is 2.33 bits per heavy atom. The molecule has 1 fully saturated rings. The first-order valence-electron chi connectivity index (χ1n) is 14.0. The van der Waals surface area contributed by atoms with Crippen molar-refractivity contribution in [1.82, 2.24) is 14.7 Å². The molecule has 12 heteroatoms. The normalized spacial score (nSPS) is 14.5. The molecule has 2 heterocycles. The molecular weight excluding hydrogens is 570 g/mol. The number of nitrogens with two attached hydrogens (primary N) is 1. The lowest BCUT2D eigenvalue weighted by Crippen LogP contribution is -2.38. The Bertz CT molecular complexity index is 1750. The highest BCUT2D eigenvalue weighted by atomic mass is 32.2. The van der Waals surface area contributed by atoms with E-state index >= 15 is 0 Å². The number of nitrogens with one attached hydrogen (secondary N) is 1. The first-order chi connectivity index (χ1) is 20.4. The number of ether oxygens (including phenoxy) is 2. The van der Waals surface area contributed by atoms with Crippen LogP contribution in [0.2, 0.25) is 0 Å². The van der Waals surface area contributed by atoms with Crippen LogP contribution in [-0.4, -0.2) is 74.2 Å². The molecule has 226 valence electrons. The van der Waals surface area contributed by atoms with E-state index in [2.05, 4.69) is 15.3 Å². The van der Waals surface area contributed by atoms with Crippen molar-refractivity contribution in [1.29, 1.82) is 0 Å². The van der Waals surface area contributed by atoms with Crippen LogP contribution in [0.15, 0.2) is 71.6 Å². The maximum absolute atomic E-state index is 13.5. The lowest BCUT2D eigenvalue weighted by Gasteiger charge is -2.26. The van der Waals surface area contributed by atoms with Gasteiger partial charge in [0.25, 0.3) is 11.7 Å². The molecule has 0 saturated carbocycles. The number of morpholine rings is 1. The van der Waals surface area contributed by atoms with Gasteiger partial charge in [-0.05, 0) is 41.8 Å². The maximum Gasteiger partial charge on any atom is 0.297 e. The topological polar surface area (TPSA) is 146 Å². The van der Waals surface area contributed by atoms with Gasteiger partial charge in [-0.15, -0.1) is 0 Å². The van der Waals surface area contributed by atoms with Crippen LogP contribution in [0.25, 0.3) is 16.5 Å². The molecule has 43 heavy (non-hydrogen) atoms. The highest BCUT2D eigenvalue weighted by Gasteiger charge is 2.25. The molecule has 3 N–H and O–H groups in total. The summed E-state index contributed by atoms with van der Waals surface area (Å²) in [5.74, 6) is -0.657. The summed E-state index contributed by atoms with van der Waals surface area (Å²) in [6.07, 6.45) is 0. The standard InChI is InChI=1S/C31H35N5O6S/c1-31(2,3)27-20-28(36(34-27)21-8-10-22(11-9-21)43(32,39)40)33-30(38)29(37)25-12-13-26(24-7-5-4-6-23(24)25)42-19-16-35-14-17-41-18-15-35/h4-13,20H,14-19H2,1-3H3,(H,33,38)(H2,32,39,40). The SMILES string of the molecule is CC(C)(C)c1cc(NC(=O)C(=O)c2ccc(OCCN3CCOCC3)c3ccccc23)n(-c2ccc(S(N)(=O)=O)cc2)n1. The zero-order valence-corrected chi connectivity index (χ0v) is 25.2. The average molecular weight is 606 g/mol. The number of ketones is 1. The summed E-state index contributed by atoms with van der Waals surface area (Å²) in [6, 6.07) is 18.1. The van der Waals surface area contributed by atoms with E-state index in [-0.39, 0.29) is 21.7 Å². The van der Waals surface area contributed by atoms with Gasteiger partial charge < -0.3 is 14.8 Å². The molecule has 1 saturated heterocycles. The highest BCUT2D eigenvalue weighted by Crippen LogP contribution is 2.30. The van der Waals surface area contributed by atoms with Gasteiger partial charge in [0.15, 0.2) is 0 Å². The number of sulfonamides is 1. The zero-order chi connectivity index (χ0) is 30.8. The molecule has 1 amide bonds. The van der Waals surface area contributed by atoms with Gasteiger partial charge in [0.1, 0.15) is 18.2 Å². The molecule has 0 bridgehead atoms. The van der Waals surface area contributed by atoms with Gasteiger partial charge in [0.05, 0.1) is 29.5 Å². The molecule has 1 aliphatic rings. The number of hydrogen-bond acceptors (Lipinski definition) is 8. The minimum atomic E-state index is -3.88. The number of anilines is 1. The Balaban J connectivity index is 1.39. The summed E-state index contributed by atoms with van der Waals surface area (Å²) in [7, 11) is -3.88. The number of Topliss-reactive ketones (excluding diaryl/α,β-unsaturated/α-hetero) is 1. The summed E-state index contributed by atoms with van der Waals surface area (Å²) in [6.45, 7) is 10.3. The number of hydrogen-bond donors (Lipinski definition) is 2. The Kier molecular flexibility index (Phi) is 8.65. The first kappa shape index (κ1) is 30.4. The summed E-state index contributed by atoms with van der Waals surface area (Å²) < 4.78 is 36.4. The van der Waals surface area contributed by atoms with E-state index in [1.165, 1.54) is 28.9 Å². The molecular formula is C31H35N5O6S. The lowest BCUT2D eigenvalue weighted by molar-refractivity contribution is -0.112. The molecule has 1 aromatic heterocycles. The lowest BCUT2D eigenvalue weighted by atomic mass is 9.92. The van der Waals surface area contributed by atoms with Crippen molar-refractivity contribution in [2.24, 2.45) is 5.14 Å². The van der Waals surface area contributed by atoms with Crippen LogP contribution in [0.5, 0.6) is 5.75 Å². The molecule has 4 aromatic rings. The van der Waals surface area contributed by atoms with E-state index in [1.54, 1.807) is 24.3 Å². The van der Waals surface area contributed by atoms with Crippen molar-refractivity contribution in [3.05, 3.63) is 78.0 Å². The molecule has 5 rings (SSSR count).